The maximum absolute atomic E-state index is 7.39. The summed E-state index contributed by atoms with van der Waals surface area (Å²) in [4.78, 5) is 0. The van der Waals surface area contributed by atoms with Gasteiger partial charge in [0.2, 0.25) is 0 Å². The van der Waals surface area contributed by atoms with E-state index < -0.39 is 299 Å². The lowest BCUT2D eigenvalue weighted by molar-refractivity contribution is 3.13. The van der Waals surface area contributed by atoms with Crippen molar-refractivity contribution in [3.8, 4) is 0 Å². The molecule has 0 aromatic rings. The predicted molar refractivity (Wildman–Crippen MR) is 556 cm³/mol. The summed E-state index contributed by atoms with van der Waals surface area (Å²) in [7, 11) is 340. The molecule has 0 fully saturated rings. The molecule has 0 N–H and O–H groups in total. The first-order valence-corrected chi connectivity index (χ1v) is 32.1. The van der Waals surface area contributed by atoms with Crippen molar-refractivity contribution < 1.29 is 0 Å². The van der Waals surface area contributed by atoms with Gasteiger partial charge in [-0.15, -0.1) is 0 Å². The zero-order valence-corrected chi connectivity index (χ0v) is 56.2. The Morgan fingerprint density at radius 2 is 0.156 bits per heavy atom. The minimum Gasteiger partial charge on any atom is -0.248 e. The Morgan fingerprint density at radius 3 is 0.219 bits per heavy atom. The van der Waals surface area contributed by atoms with E-state index in [9.17, 15) is 0 Å². The summed E-state index contributed by atoms with van der Waals surface area (Å²) in [5, 5.41) is 0. The van der Waals surface area contributed by atoms with E-state index in [0.717, 1.165) is 0 Å². The molecule has 96 heavy (non-hydrogen) atoms. The Kier molecular flexibility index (Phi) is 50.3. The van der Waals surface area contributed by atoms with Crippen molar-refractivity contribution >= 4 is 683 Å². The van der Waals surface area contributed by atoms with Gasteiger partial charge in [-0.3, -0.25) is 0 Å². The number of hydrogen-bond donors (Lipinski definition) is 1. The molecule has 0 heterocycles. The van der Waals surface area contributed by atoms with Crippen LogP contribution in [0, 0.1) is 0 Å². The summed E-state index contributed by atoms with van der Waals surface area (Å²) in [6.45, 7) is 0. The molecular formula is HB95S. The molecular weight excluding hydrogens is 1060 g/mol. The van der Waals surface area contributed by atoms with Crippen molar-refractivity contribution in [2.24, 2.45) is 0 Å². The summed E-state index contributed by atoms with van der Waals surface area (Å²) in [5.41, 5.74) is 0. The average molecular weight is 1060 g/mol. The van der Waals surface area contributed by atoms with Crippen LogP contribution in [0.5, 0.6) is 0 Å². The topological polar surface area (TPSA) is 0 Å². The van der Waals surface area contributed by atoms with Crippen LogP contribution in [0.3, 0.4) is 0 Å². The van der Waals surface area contributed by atoms with E-state index in [1.807, 2.05) is 0 Å². The van der Waals surface area contributed by atoms with Gasteiger partial charge in [0.05, 0.1) is 0 Å². The van der Waals surface area contributed by atoms with Crippen molar-refractivity contribution in [2.45, 2.75) is 0 Å². The van der Waals surface area contributed by atoms with Crippen molar-refractivity contribution in [1.82, 2.24) is 0 Å². The van der Waals surface area contributed by atoms with Gasteiger partial charge < -0.3 is 0 Å². The highest BCUT2D eigenvalue weighted by Gasteiger charge is 2.68. The third kappa shape index (κ3) is 27.4. The fourth-order valence-corrected chi connectivity index (χ4v) is 17.4. The van der Waals surface area contributed by atoms with Crippen molar-refractivity contribution in [3.05, 3.63) is 0 Å². The Balaban J connectivity index is 14.3. The summed E-state index contributed by atoms with van der Waals surface area (Å²) in [6.07, 6.45) is -85.4. The van der Waals surface area contributed by atoms with Gasteiger partial charge in [0, 0.05) is 665 Å². The van der Waals surface area contributed by atoms with E-state index in [-0.39, 0.29) is 0 Å². The van der Waals surface area contributed by atoms with Crippen LogP contribution in [0.4, 0.5) is 0 Å². The quantitative estimate of drug-likeness (QED) is 0.0456. The van der Waals surface area contributed by atoms with E-state index in [0.29, 0.717) is 0 Å². The number of thiol groups is 1. The molecule has 0 saturated heterocycles. The first-order valence-electron chi connectivity index (χ1n) is 31.6. The number of hydrogen-bond acceptors (Lipinski definition) is 1. The normalized spacial score (nSPS) is 9.84. The average Bonchev–Trinajstić information content (AvgIpc) is 3.36. The molecule has 0 aliphatic carbocycles. The highest BCUT2D eigenvalue weighted by atomic mass is 32.1. The van der Waals surface area contributed by atoms with Crippen molar-refractivity contribution in [2.75, 3.05) is 0 Å². The molecule has 0 amide bonds. The van der Waals surface area contributed by atoms with Crippen LogP contribution in [-0.2, 0) is 0 Å². The van der Waals surface area contributed by atoms with Crippen molar-refractivity contribution in [3.63, 3.8) is 0 Å². The van der Waals surface area contributed by atoms with Gasteiger partial charge in [-0.05, 0) is 0 Å². The minimum absolute atomic E-state index is 1.50. The molecule has 96 radical (unpaired) electrons. The Hall–Kier alpha value is 6.52. The fourth-order valence-electron chi connectivity index (χ4n) is 17.2. The summed E-state index contributed by atoms with van der Waals surface area (Å²) < 4.78 is 0. The third-order valence-corrected chi connectivity index (χ3v) is 20.7. The smallest absolute Gasteiger partial charge is 0.107 e. The molecule has 0 aliphatic heterocycles. The van der Waals surface area contributed by atoms with Crippen LogP contribution >= 0.6 is 12.5 Å². The monoisotopic (exact) mass is 1080 g/mol. The second-order valence-corrected chi connectivity index (χ2v) is 27.6. The fraction of sp³-hybridized carbons (Fsp3) is 0. The number of rotatable bonds is 46. The molecule has 0 aliphatic rings. The second kappa shape index (κ2) is 47.1. The molecule has 0 spiro atoms. The van der Waals surface area contributed by atoms with E-state index in [1.165, 1.54) is 0 Å². The van der Waals surface area contributed by atoms with Crippen LogP contribution in [0.25, 0.3) is 0 Å². The Morgan fingerprint density at radius 1 is 0.0938 bits per heavy atom. The maximum atomic E-state index is 7.39. The van der Waals surface area contributed by atoms with Crippen LogP contribution in [0.15, 0.2) is 0 Å². The van der Waals surface area contributed by atoms with E-state index in [1.54, 1.807) is 0 Å². The maximum Gasteiger partial charge on any atom is 0.107 e. The molecule has 0 atom stereocenters. The standard InChI is InChI=1S/B95HS/c1-49(2)74(50(3)4)86(75(51(5)6)52(7)8)92(87(76(53(9)10)54(11)12)77(55(13)14)56(15)16)95(93(88(78(57(17)18)58(19)20)79(59(21)22)60(23)24)89(80(61(25)26)62(27)28)81(63(29)30)64(31)32)94(90(82(65(33)34)66(35)36)83(67(37)38)68(39)40)91(84(69(41)42)70(43)44)85(71(45)46)72(47)73(48)96/h96H. The molecule has 96 heteroatoms. The Labute approximate surface area is 676 Å². The van der Waals surface area contributed by atoms with Gasteiger partial charge in [-0.1, -0.05) is 0 Å². The molecule has 0 aromatic heterocycles. The van der Waals surface area contributed by atoms with Crippen molar-refractivity contribution in [1.29, 1.82) is 0 Å². The lowest BCUT2D eigenvalue weighted by atomic mass is 8.18. The van der Waals surface area contributed by atoms with Crippen LogP contribution in [-0.4, -0.2) is 671 Å². The zero-order valence-electron chi connectivity index (χ0n) is 55.3. The molecule has 0 rings (SSSR count). The minimum atomic E-state index is -2.24. The van der Waals surface area contributed by atoms with Gasteiger partial charge in [0.25, 0.3) is 0 Å². The zero-order chi connectivity index (χ0) is 76.1. The highest BCUT2D eigenvalue weighted by molar-refractivity contribution is 8.44. The predicted octanol–water partition coefficient (Wildman–Crippen LogP) is -35.8. The highest BCUT2D eigenvalue weighted by Crippen LogP contribution is 2.30. The summed E-state index contributed by atoms with van der Waals surface area (Å²) >= 11 is 4.68. The molecule has 292 valence electrons. The first-order chi connectivity index (χ1) is 43.6. The third-order valence-electron chi connectivity index (χ3n) is 20.4. The van der Waals surface area contributed by atoms with Gasteiger partial charge in [0.1, 0.15) is 5.77 Å². The molecule has 0 saturated carbocycles. The SMILES string of the molecule is [B]B([B])B(B([B])[B])B(B(B([B])[B])B([B])[B])B(B(B(B([B])[B])B([B])[B])B(B([B])[B])B([B])[B])B(B(B(B(B([B])[B])B([B])[B])B(B([B])[B])B([B])[B])B(B(B([B])[B])B([B])[B])B(B([B])[B])B([B])[B])B(B(B(B([B])[B])B([B])[B])B(B([B])[B])B([B])[B])B(B(B([B])[B])B([B])[B])B(B([B])[B])B([B])B([B])S. The lowest BCUT2D eigenvalue weighted by Gasteiger charge is -2.63. The van der Waals surface area contributed by atoms with Gasteiger partial charge >= 0.3 is 0 Å². The first kappa shape index (κ1) is 103. The lowest BCUT2D eigenvalue weighted by Crippen LogP contribution is -3.01. The molecule has 0 bridgehead atoms. The van der Waals surface area contributed by atoms with Crippen LogP contribution in [0.1, 0.15) is 0 Å². The summed E-state index contributed by atoms with van der Waals surface area (Å²) in [6, 6.07) is 0. The molecule has 0 nitrogen and oxygen atoms in total. The molecule has 0 unspecified atom stereocenters. The van der Waals surface area contributed by atoms with E-state index in [2.05, 4.69) is 12.5 Å². The van der Waals surface area contributed by atoms with E-state index in [4.69, 9.17) is 371 Å². The van der Waals surface area contributed by atoms with Gasteiger partial charge in [-0.2, -0.15) is 0 Å². The summed E-state index contributed by atoms with van der Waals surface area (Å²) in [5.74, 6) is -1.50. The molecule has 0 aromatic carbocycles. The van der Waals surface area contributed by atoms with E-state index >= 15 is 0 Å². The van der Waals surface area contributed by atoms with Gasteiger partial charge in [-0.25, -0.2) is 12.5 Å². The largest absolute Gasteiger partial charge is 0.248 e. The Bertz CT molecular complexity index is 1610. The van der Waals surface area contributed by atoms with Gasteiger partial charge in [0.15, 0.2) is 0 Å². The second-order valence-electron chi connectivity index (χ2n) is 27.0. The van der Waals surface area contributed by atoms with Crippen LogP contribution < -0.4 is 0 Å². The van der Waals surface area contributed by atoms with Crippen LogP contribution in [0.2, 0.25) is 0 Å².